The third-order valence-electron chi connectivity index (χ3n) is 3.50. The van der Waals surface area contributed by atoms with Gasteiger partial charge in [-0.25, -0.2) is 0 Å². The van der Waals surface area contributed by atoms with E-state index in [1.807, 2.05) is 0 Å². The van der Waals surface area contributed by atoms with E-state index in [9.17, 15) is 23.3 Å². The van der Waals surface area contributed by atoms with Gasteiger partial charge in [-0.15, -0.1) is 0 Å². The van der Waals surface area contributed by atoms with Gasteiger partial charge in [-0.05, 0) is 11.1 Å². The molecule has 0 aromatic heterocycles. The number of carbonyl (C=O) groups is 1. The van der Waals surface area contributed by atoms with Crippen molar-refractivity contribution in [2.24, 2.45) is 0 Å². The summed E-state index contributed by atoms with van der Waals surface area (Å²) in [5, 5.41) is 11.4. The van der Waals surface area contributed by atoms with Crippen molar-refractivity contribution in [2.45, 2.75) is 12.0 Å². The van der Waals surface area contributed by atoms with Gasteiger partial charge < -0.3 is 0 Å². The maximum atomic E-state index is 11.4. The van der Waals surface area contributed by atoms with Crippen LogP contribution in [0.2, 0.25) is 0 Å². The van der Waals surface area contributed by atoms with Gasteiger partial charge in [0.15, 0.2) is 0 Å². The van der Waals surface area contributed by atoms with Crippen LogP contribution in [-0.2, 0) is 14.9 Å². The van der Waals surface area contributed by atoms with Gasteiger partial charge in [0.1, 0.15) is 5.75 Å². The Morgan fingerprint density at radius 1 is 1.27 bits per heavy atom. The van der Waals surface area contributed by atoms with E-state index < -0.39 is 26.3 Å². The van der Waals surface area contributed by atoms with Gasteiger partial charge in [-0.3, -0.25) is 19.5 Å². The molecule has 0 spiro atoms. The van der Waals surface area contributed by atoms with Gasteiger partial charge in [0.25, 0.3) is 10.1 Å². The average molecular weight is 323 g/mol. The predicted octanol–water partition coefficient (Wildman–Crippen LogP) is 1.50. The highest BCUT2D eigenvalue weighted by Gasteiger charge is 2.49. The Morgan fingerprint density at radius 2 is 1.91 bits per heavy atom. The highest BCUT2D eigenvalue weighted by atomic mass is 32.2. The minimum atomic E-state index is -4.48. The summed E-state index contributed by atoms with van der Waals surface area (Å²) in [4.78, 5) is 22.0. The Morgan fingerprint density at radius 3 is 2.41 bits per heavy atom. The summed E-state index contributed by atoms with van der Waals surface area (Å²) in [6.07, 6.45) is 2.60. The van der Waals surface area contributed by atoms with E-state index in [1.54, 1.807) is 30.3 Å². The summed E-state index contributed by atoms with van der Waals surface area (Å²) in [6.45, 7) is 0. The van der Waals surface area contributed by atoms with E-state index in [4.69, 9.17) is 4.55 Å². The number of rotatable bonds is 5. The molecule has 1 atom stereocenters. The molecular weight excluding hydrogens is 310 g/mol. The van der Waals surface area contributed by atoms with E-state index >= 15 is 0 Å². The molecule has 0 amide bonds. The molecule has 8 heteroatoms. The summed E-state index contributed by atoms with van der Waals surface area (Å²) >= 11 is 0. The van der Waals surface area contributed by atoms with Crippen LogP contribution < -0.4 is 0 Å². The van der Waals surface area contributed by atoms with Gasteiger partial charge in [-0.1, -0.05) is 42.5 Å². The second-order valence-corrected chi connectivity index (χ2v) is 6.40. The Kier molecular flexibility index (Phi) is 4.25. The molecule has 116 valence electrons. The summed E-state index contributed by atoms with van der Waals surface area (Å²) < 4.78 is 31.0. The molecule has 0 fully saturated rings. The van der Waals surface area contributed by atoms with Crippen LogP contribution in [0.1, 0.15) is 12.0 Å². The number of hydrogen-bond acceptors (Lipinski definition) is 5. The number of carbonyl (C=O) groups excluding carboxylic acids is 1. The van der Waals surface area contributed by atoms with Crippen molar-refractivity contribution in [3.63, 3.8) is 0 Å². The molecule has 0 bridgehead atoms. The number of nitrogens with zero attached hydrogens (tertiary/aromatic N) is 1. The Bertz CT molecular complexity index is 766. The Balaban J connectivity index is 2.53. The van der Waals surface area contributed by atoms with Crippen molar-refractivity contribution in [3.05, 3.63) is 63.7 Å². The van der Waals surface area contributed by atoms with Gasteiger partial charge in [0.05, 0.1) is 6.42 Å². The lowest BCUT2D eigenvalue weighted by Gasteiger charge is -2.26. The fourth-order valence-corrected chi connectivity index (χ4v) is 3.11. The fourth-order valence-electron chi connectivity index (χ4n) is 2.37. The topological polar surface area (TPSA) is 115 Å². The third kappa shape index (κ3) is 3.12. The van der Waals surface area contributed by atoms with Gasteiger partial charge in [0.2, 0.25) is 6.29 Å². The predicted molar refractivity (Wildman–Crippen MR) is 79.3 cm³/mol. The maximum absolute atomic E-state index is 11.4. The Labute approximate surface area is 126 Å². The minimum absolute atomic E-state index is 0.125. The number of allylic oxidation sites excluding steroid dienone is 2. The van der Waals surface area contributed by atoms with Crippen molar-refractivity contribution in [2.75, 3.05) is 5.75 Å². The summed E-state index contributed by atoms with van der Waals surface area (Å²) in [5.74, 6) is -0.953. The summed E-state index contributed by atoms with van der Waals surface area (Å²) in [6, 6.07) is 8.77. The van der Waals surface area contributed by atoms with Crippen LogP contribution in [0.3, 0.4) is 0 Å². The molecule has 0 radical (unpaired) electrons. The third-order valence-corrected chi connectivity index (χ3v) is 4.18. The average Bonchev–Trinajstić information content (AvgIpc) is 2.47. The van der Waals surface area contributed by atoms with E-state index in [1.165, 1.54) is 12.2 Å². The molecule has 1 unspecified atom stereocenters. The molecule has 1 N–H and O–H groups in total. The van der Waals surface area contributed by atoms with E-state index in [2.05, 4.69) is 0 Å². The smallest absolute Gasteiger partial charge is 0.295 e. The Hall–Kier alpha value is -2.32. The first-order chi connectivity index (χ1) is 10.3. The highest BCUT2D eigenvalue weighted by molar-refractivity contribution is 7.86. The molecule has 2 rings (SSSR count). The molecule has 1 aromatic carbocycles. The first kappa shape index (κ1) is 16.1. The monoisotopic (exact) mass is 323 g/mol. The minimum Gasteiger partial charge on any atom is -0.295 e. The normalized spacial score (nSPS) is 21.7. The van der Waals surface area contributed by atoms with Crippen LogP contribution >= 0.6 is 0 Å². The molecule has 1 aliphatic carbocycles. The zero-order valence-corrected chi connectivity index (χ0v) is 12.2. The zero-order valence-electron chi connectivity index (χ0n) is 11.4. The molecule has 22 heavy (non-hydrogen) atoms. The van der Waals surface area contributed by atoms with Crippen LogP contribution in [0.5, 0.6) is 0 Å². The lowest BCUT2D eigenvalue weighted by Crippen LogP contribution is -2.45. The summed E-state index contributed by atoms with van der Waals surface area (Å²) in [7, 11) is -4.48. The largest absolute Gasteiger partial charge is 0.302 e. The lowest BCUT2D eigenvalue weighted by molar-refractivity contribution is -0.537. The second kappa shape index (κ2) is 5.82. The van der Waals surface area contributed by atoms with Crippen LogP contribution in [0.4, 0.5) is 0 Å². The first-order valence-corrected chi connectivity index (χ1v) is 7.91. The van der Waals surface area contributed by atoms with E-state index in [0.717, 1.165) is 0 Å². The molecular formula is C14H13NO6S. The lowest BCUT2D eigenvalue weighted by atomic mass is 9.80. The van der Waals surface area contributed by atoms with Crippen LogP contribution in [0.25, 0.3) is 5.57 Å². The molecule has 0 saturated carbocycles. The highest BCUT2D eigenvalue weighted by Crippen LogP contribution is 2.36. The molecule has 1 aromatic rings. The molecule has 1 aliphatic rings. The van der Waals surface area contributed by atoms with Crippen molar-refractivity contribution in [1.82, 2.24) is 0 Å². The van der Waals surface area contributed by atoms with Gasteiger partial charge in [-0.2, -0.15) is 8.42 Å². The van der Waals surface area contributed by atoms with Crippen molar-refractivity contribution < 1.29 is 22.7 Å². The second-order valence-electron chi connectivity index (χ2n) is 4.95. The SMILES string of the molecule is O=CC1([N+](=O)[O-])CC(c2ccccc2)=CC=C1CS(=O)(=O)O. The number of hydrogen-bond donors (Lipinski definition) is 1. The number of benzene rings is 1. The van der Waals surface area contributed by atoms with Crippen molar-refractivity contribution in [1.29, 1.82) is 0 Å². The van der Waals surface area contributed by atoms with Gasteiger partial charge in [0, 0.05) is 10.5 Å². The molecule has 0 heterocycles. The van der Waals surface area contributed by atoms with Crippen LogP contribution in [-0.4, -0.2) is 35.5 Å². The number of aldehydes is 1. The molecule has 0 aliphatic heterocycles. The van der Waals surface area contributed by atoms with Crippen LogP contribution in [0, 0.1) is 10.1 Å². The number of nitro groups is 1. The van der Waals surface area contributed by atoms with Crippen molar-refractivity contribution in [3.8, 4) is 0 Å². The zero-order chi connectivity index (χ0) is 16.4. The first-order valence-electron chi connectivity index (χ1n) is 6.30. The van der Waals surface area contributed by atoms with E-state index in [-0.39, 0.29) is 18.3 Å². The van der Waals surface area contributed by atoms with Crippen molar-refractivity contribution >= 4 is 22.0 Å². The quantitative estimate of drug-likeness (QED) is 0.380. The fraction of sp³-hybridized carbons (Fsp3) is 0.214. The maximum Gasteiger partial charge on any atom is 0.302 e. The standard InChI is InChI=1S/C14H13NO6S/c16-10-14(15(17)18)8-12(11-4-2-1-3-5-11)6-7-13(14)9-22(19,20)21/h1-7,10H,8-9H2,(H,19,20,21). The van der Waals surface area contributed by atoms with Crippen LogP contribution in [0.15, 0.2) is 48.1 Å². The summed E-state index contributed by atoms with van der Waals surface area (Å²) in [5.41, 5.74) is -1.19. The molecule has 0 saturated heterocycles. The van der Waals surface area contributed by atoms with E-state index in [0.29, 0.717) is 11.1 Å². The molecule has 7 nitrogen and oxygen atoms in total. The van der Waals surface area contributed by atoms with Gasteiger partial charge >= 0.3 is 5.54 Å².